The molecule has 0 saturated carbocycles. The summed E-state index contributed by atoms with van der Waals surface area (Å²) in [6.07, 6.45) is 0. The molecule has 0 N–H and O–H groups in total. The molecule has 24 heavy (non-hydrogen) atoms. The Morgan fingerprint density at radius 1 is 0.833 bits per heavy atom. The lowest BCUT2D eigenvalue weighted by Gasteiger charge is -2.18. The Balaban J connectivity index is 2.18. The van der Waals surface area contributed by atoms with E-state index in [1.165, 1.54) is 27.8 Å². The van der Waals surface area contributed by atoms with Crippen LogP contribution in [0.3, 0.4) is 0 Å². The molecule has 0 bridgehead atoms. The van der Waals surface area contributed by atoms with Crippen molar-refractivity contribution in [1.82, 2.24) is 0 Å². The van der Waals surface area contributed by atoms with Crippen molar-refractivity contribution in [2.45, 2.75) is 41.2 Å². The maximum Gasteiger partial charge on any atom is 0.338 e. The van der Waals surface area contributed by atoms with E-state index in [0.717, 1.165) is 11.3 Å². The molecule has 0 spiro atoms. The fraction of sp³-hybridized carbons (Fsp3) is 0.381. The smallest absolute Gasteiger partial charge is 0.338 e. The van der Waals surface area contributed by atoms with Crippen LogP contribution in [0.25, 0.3) is 0 Å². The zero-order valence-corrected chi connectivity index (χ0v) is 15.8. The highest BCUT2D eigenvalue weighted by Crippen LogP contribution is 2.26. The molecule has 2 aromatic carbocycles. The van der Waals surface area contributed by atoms with Gasteiger partial charge in [0.2, 0.25) is 0 Å². The van der Waals surface area contributed by atoms with E-state index >= 15 is 0 Å². The predicted molar refractivity (Wildman–Crippen MR) is 100 cm³/mol. The molecule has 0 unspecified atom stereocenters. The largest absolute Gasteiger partial charge is 0.457 e. The fourth-order valence-corrected chi connectivity index (χ4v) is 2.91. The van der Waals surface area contributed by atoms with Gasteiger partial charge in [0.25, 0.3) is 0 Å². The average Bonchev–Trinajstić information content (AvgIpc) is 2.58. The quantitative estimate of drug-likeness (QED) is 0.766. The topological polar surface area (TPSA) is 29.5 Å². The molecule has 0 atom stereocenters. The summed E-state index contributed by atoms with van der Waals surface area (Å²) in [6, 6.07) is 7.46. The molecule has 0 fully saturated rings. The summed E-state index contributed by atoms with van der Waals surface area (Å²) in [4.78, 5) is 14.3. The second kappa shape index (κ2) is 7.08. The Bertz CT molecular complexity index is 729. The van der Waals surface area contributed by atoms with Crippen LogP contribution in [0.5, 0.6) is 0 Å². The summed E-state index contributed by atoms with van der Waals surface area (Å²) in [5.74, 6) is -0.282. The first-order valence-corrected chi connectivity index (χ1v) is 8.24. The van der Waals surface area contributed by atoms with Gasteiger partial charge in [-0.15, -0.1) is 0 Å². The Labute approximate surface area is 145 Å². The van der Waals surface area contributed by atoms with Crippen LogP contribution < -0.4 is 4.90 Å². The van der Waals surface area contributed by atoms with E-state index in [1.807, 2.05) is 43.3 Å². The maximum absolute atomic E-state index is 12.3. The minimum atomic E-state index is -0.282. The Hall–Kier alpha value is -2.29. The van der Waals surface area contributed by atoms with Crippen LogP contribution in [0, 0.1) is 34.6 Å². The van der Waals surface area contributed by atoms with Crippen molar-refractivity contribution in [2.24, 2.45) is 0 Å². The number of ether oxygens (including phenoxy) is 1. The summed E-state index contributed by atoms with van der Waals surface area (Å²) >= 11 is 0. The molecule has 0 saturated heterocycles. The molecule has 0 aliphatic rings. The molecule has 0 heterocycles. The third-order valence-corrected chi connectivity index (χ3v) is 5.12. The van der Waals surface area contributed by atoms with E-state index in [2.05, 4.69) is 34.6 Å². The van der Waals surface area contributed by atoms with Gasteiger partial charge in [0.05, 0.1) is 5.56 Å². The van der Waals surface area contributed by atoms with E-state index in [4.69, 9.17) is 4.74 Å². The summed E-state index contributed by atoms with van der Waals surface area (Å²) in [5.41, 5.74) is 9.06. The molecular weight excluding hydrogens is 298 g/mol. The van der Waals surface area contributed by atoms with Gasteiger partial charge in [0.15, 0.2) is 0 Å². The zero-order valence-electron chi connectivity index (χ0n) is 15.8. The van der Waals surface area contributed by atoms with E-state index < -0.39 is 0 Å². The number of esters is 1. The number of rotatable bonds is 4. The fourth-order valence-electron chi connectivity index (χ4n) is 2.91. The van der Waals surface area contributed by atoms with Gasteiger partial charge in [-0.1, -0.05) is 0 Å². The standard InChI is InChI=1S/C21H27NO2/c1-13-14(2)16(4)20(17(5)15(13)3)12-24-21(23)18-8-10-19(11-9-18)22(6)7/h8-11H,12H2,1-7H3. The van der Waals surface area contributed by atoms with Crippen LogP contribution in [0.1, 0.15) is 43.7 Å². The van der Waals surface area contributed by atoms with Gasteiger partial charge >= 0.3 is 5.97 Å². The number of benzene rings is 2. The molecule has 2 aromatic rings. The summed E-state index contributed by atoms with van der Waals surface area (Å²) < 4.78 is 5.57. The molecule has 0 aliphatic carbocycles. The minimum absolute atomic E-state index is 0.282. The Kier molecular flexibility index (Phi) is 5.33. The second-order valence-corrected chi connectivity index (χ2v) is 6.62. The predicted octanol–water partition coefficient (Wildman–Crippen LogP) is 4.65. The lowest BCUT2D eigenvalue weighted by Crippen LogP contribution is -2.11. The number of carbonyl (C=O) groups excluding carboxylic acids is 1. The van der Waals surface area contributed by atoms with Gasteiger partial charge < -0.3 is 9.64 Å². The second-order valence-electron chi connectivity index (χ2n) is 6.62. The molecule has 0 aromatic heterocycles. The zero-order chi connectivity index (χ0) is 18.0. The minimum Gasteiger partial charge on any atom is -0.457 e. The molecule has 3 nitrogen and oxygen atoms in total. The van der Waals surface area contributed by atoms with Crippen LogP contribution in [-0.4, -0.2) is 20.1 Å². The monoisotopic (exact) mass is 325 g/mol. The molecule has 0 radical (unpaired) electrons. The molecule has 2 rings (SSSR count). The lowest BCUT2D eigenvalue weighted by atomic mass is 9.90. The van der Waals surface area contributed by atoms with E-state index in [0.29, 0.717) is 12.2 Å². The molecule has 3 heteroatoms. The summed E-state index contributed by atoms with van der Waals surface area (Å²) in [7, 11) is 3.95. The van der Waals surface area contributed by atoms with Crippen LogP contribution in [0.15, 0.2) is 24.3 Å². The summed E-state index contributed by atoms with van der Waals surface area (Å²) in [5, 5.41) is 0. The van der Waals surface area contributed by atoms with Gasteiger partial charge in [-0.25, -0.2) is 4.79 Å². The third-order valence-electron chi connectivity index (χ3n) is 5.12. The number of carbonyl (C=O) groups is 1. The van der Waals surface area contributed by atoms with Gasteiger partial charge in [-0.2, -0.15) is 0 Å². The number of nitrogens with zero attached hydrogens (tertiary/aromatic N) is 1. The molecule has 128 valence electrons. The van der Waals surface area contributed by atoms with Crippen molar-refractivity contribution in [3.05, 3.63) is 63.2 Å². The Morgan fingerprint density at radius 2 is 1.29 bits per heavy atom. The average molecular weight is 325 g/mol. The summed E-state index contributed by atoms with van der Waals surface area (Å²) in [6.45, 7) is 10.9. The Morgan fingerprint density at radius 3 is 1.75 bits per heavy atom. The maximum atomic E-state index is 12.3. The van der Waals surface area contributed by atoms with Crippen LogP contribution in [0.4, 0.5) is 5.69 Å². The molecular formula is C21H27NO2. The van der Waals surface area contributed by atoms with Crippen LogP contribution >= 0.6 is 0 Å². The van der Waals surface area contributed by atoms with Crippen LogP contribution in [-0.2, 0) is 11.3 Å². The van der Waals surface area contributed by atoms with Crippen molar-refractivity contribution in [3.63, 3.8) is 0 Å². The van der Waals surface area contributed by atoms with Crippen molar-refractivity contribution >= 4 is 11.7 Å². The van der Waals surface area contributed by atoms with E-state index in [1.54, 1.807) is 0 Å². The first kappa shape index (κ1) is 18.1. The normalized spacial score (nSPS) is 10.6. The number of anilines is 1. The third kappa shape index (κ3) is 3.45. The van der Waals surface area contributed by atoms with Gasteiger partial charge in [-0.05, 0) is 92.3 Å². The van der Waals surface area contributed by atoms with Crippen molar-refractivity contribution in [1.29, 1.82) is 0 Å². The lowest BCUT2D eigenvalue weighted by molar-refractivity contribution is 0.0471. The molecule has 0 amide bonds. The van der Waals surface area contributed by atoms with Gasteiger partial charge in [0, 0.05) is 19.8 Å². The van der Waals surface area contributed by atoms with Crippen molar-refractivity contribution in [3.8, 4) is 0 Å². The molecule has 0 aliphatic heterocycles. The van der Waals surface area contributed by atoms with Gasteiger partial charge in [-0.3, -0.25) is 0 Å². The van der Waals surface area contributed by atoms with Gasteiger partial charge in [0.1, 0.15) is 6.61 Å². The first-order valence-electron chi connectivity index (χ1n) is 8.24. The van der Waals surface area contributed by atoms with Crippen molar-refractivity contribution < 1.29 is 9.53 Å². The van der Waals surface area contributed by atoms with Crippen molar-refractivity contribution in [2.75, 3.05) is 19.0 Å². The highest BCUT2D eigenvalue weighted by atomic mass is 16.5. The highest BCUT2D eigenvalue weighted by Gasteiger charge is 2.14. The number of hydrogen-bond acceptors (Lipinski definition) is 3. The number of hydrogen-bond donors (Lipinski definition) is 0. The van der Waals surface area contributed by atoms with Crippen LogP contribution in [0.2, 0.25) is 0 Å². The van der Waals surface area contributed by atoms with E-state index in [-0.39, 0.29) is 5.97 Å². The first-order chi connectivity index (χ1) is 11.2. The SMILES string of the molecule is Cc1c(C)c(C)c(COC(=O)c2ccc(N(C)C)cc2)c(C)c1C. The highest BCUT2D eigenvalue weighted by molar-refractivity contribution is 5.89. The van der Waals surface area contributed by atoms with E-state index in [9.17, 15) is 4.79 Å².